The summed E-state index contributed by atoms with van der Waals surface area (Å²) in [4.78, 5) is 25.6. The summed E-state index contributed by atoms with van der Waals surface area (Å²) in [7, 11) is 0. The Kier molecular flexibility index (Phi) is 4.57. The zero-order valence-electron chi connectivity index (χ0n) is 16.3. The van der Waals surface area contributed by atoms with Gasteiger partial charge in [-0.25, -0.2) is 4.39 Å². The SMILES string of the molecule is C=C(C)COC1C2CC3C1OC(=O)C3C2C(=O)OC(C)(C)c1ccc(F)cc1. The predicted molar refractivity (Wildman–Crippen MR) is 98.5 cm³/mol. The predicted octanol–water partition coefficient (Wildman–Crippen LogP) is 3.37. The van der Waals surface area contributed by atoms with E-state index < -0.39 is 23.4 Å². The lowest BCUT2D eigenvalue weighted by Crippen LogP contribution is -2.44. The van der Waals surface area contributed by atoms with E-state index in [9.17, 15) is 14.0 Å². The highest BCUT2D eigenvalue weighted by atomic mass is 19.1. The van der Waals surface area contributed by atoms with E-state index in [0.717, 1.165) is 12.0 Å². The molecule has 2 aliphatic carbocycles. The van der Waals surface area contributed by atoms with E-state index in [1.807, 2.05) is 6.92 Å². The van der Waals surface area contributed by atoms with Gasteiger partial charge in [0.1, 0.15) is 17.5 Å². The number of carbonyl (C=O) groups excluding carboxylic acids is 2. The molecule has 150 valence electrons. The van der Waals surface area contributed by atoms with E-state index in [4.69, 9.17) is 14.2 Å². The molecule has 6 atom stereocenters. The first-order valence-electron chi connectivity index (χ1n) is 9.64. The van der Waals surface area contributed by atoms with E-state index in [1.165, 1.54) is 12.1 Å². The van der Waals surface area contributed by atoms with E-state index in [-0.39, 0.29) is 35.8 Å². The highest BCUT2D eigenvalue weighted by Gasteiger charge is 2.69. The number of hydrogen-bond donors (Lipinski definition) is 0. The molecule has 2 bridgehead atoms. The Hall–Kier alpha value is -2.21. The zero-order chi connectivity index (χ0) is 20.2. The summed E-state index contributed by atoms with van der Waals surface area (Å²) in [6.07, 6.45) is 0.130. The number of hydrogen-bond acceptors (Lipinski definition) is 5. The highest BCUT2D eigenvalue weighted by Crippen LogP contribution is 2.59. The molecule has 6 heteroatoms. The van der Waals surface area contributed by atoms with Gasteiger partial charge >= 0.3 is 11.9 Å². The quantitative estimate of drug-likeness (QED) is 0.552. The van der Waals surface area contributed by atoms with Gasteiger partial charge in [-0.1, -0.05) is 24.3 Å². The summed E-state index contributed by atoms with van der Waals surface area (Å²) in [6, 6.07) is 5.87. The monoisotopic (exact) mass is 388 g/mol. The van der Waals surface area contributed by atoms with Gasteiger partial charge in [0.25, 0.3) is 0 Å². The van der Waals surface area contributed by atoms with Crippen LogP contribution in [0.3, 0.4) is 0 Å². The van der Waals surface area contributed by atoms with Crippen molar-refractivity contribution < 1.29 is 28.2 Å². The van der Waals surface area contributed by atoms with Crippen molar-refractivity contribution >= 4 is 11.9 Å². The number of fused-ring (bicyclic) bond motifs is 1. The Morgan fingerprint density at radius 1 is 1.29 bits per heavy atom. The third kappa shape index (κ3) is 3.04. The fourth-order valence-electron chi connectivity index (χ4n) is 5.00. The largest absolute Gasteiger partial charge is 0.459 e. The fraction of sp³-hybridized carbons (Fsp3) is 0.545. The Morgan fingerprint density at radius 3 is 2.61 bits per heavy atom. The van der Waals surface area contributed by atoms with Crippen molar-refractivity contribution in [1.82, 2.24) is 0 Å². The van der Waals surface area contributed by atoms with Gasteiger partial charge in [0.15, 0.2) is 0 Å². The minimum absolute atomic E-state index is 0.000829. The van der Waals surface area contributed by atoms with E-state index in [0.29, 0.717) is 12.2 Å². The van der Waals surface area contributed by atoms with E-state index in [1.54, 1.807) is 26.0 Å². The first-order chi connectivity index (χ1) is 13.2. The van der Waals surface area contributed by atoms with E-state index >= 15 is 0 Å². The van der Waals surface area contributed by atoms with Gasteiger partial charge in [-0.05, 0) is 44.9 Å². The lowest BCUT2D eigenvalue weighted by molar-refractivity contribution is -0.169. The number of ether oxygens (including phenoxy) is 3. The first kappa shape index (κ1) is 19.1. The maximum Gasteiger partial charge on any atom is 0.311 e. The standard InChI is InChI=1S/C22H25FO5/c1-11(2)10-26-18-14-9-15-16(20(24)27-19(15)18)17(14)21(25)28-22(3,4)12-5-7-13(23)8-6-12/h5-8,14-19H,1,9-10H2,2-4H3. The summed E-state index contributed by atoms with van der Waals surface area (Å²) in [5.74, 6) is -2.26. The van der Waals surface area contributed by atoms with Gasteiger partial charge in [-0.3, -0.25) is 9.59 Å². The van der Waals surface area contributed by atoms with Crippen molar-refractivity contribution in [2.45, 2.75) is 45.0 Å². The lowest BCUT2D eigenvalue weighted by atomic mass is 9.78. The molecule has 0 radical (unpaired) electrons. The molecule has 0 spiro atoms. The smallest absolute Gasteiger partial charge is 0.311 e. The van der Waals surface area contributed by atoms with Crippen molar-refractivity contribution in [2.75, 3.05) is 6.61 Å². The van der Waals surface area contributed by atoms with Crippen molar-refractivity contribution in [2.24, 2.45) is 23.7 Å². The topological polar surface area (TPSA) is 61.8 Å². The van der Waals surface area contributed by atoms with Crippen molar-refractivity contribution in [3.8, 4) is 0 Å². The second kappa shape index (κ2) is 6.69. The number of halogens is 1. The van der Waals surface area contributed by atoms with Crippen LogP contribution in [0.2, 0.25) is 0 Å². The Labute approximate surface area is 163 Å². The fourth-order valence-corrected chi connectivity index (χ4v) is 5.00. The second-order valence-electron chi connectivity index (χ2n) is 8.69. The van der Waals surface area contributed by atoms with Crippen LogP contribution in [0, 0.1) is 29.5 Å². The third-order valence-electron chi connectivity index (χ3n) is 6.24. The molecule has 3 fully saturated rings. The number of esters is 2. The lowest BCUT2D eigenvalue weighted by Gasteiger charge is -2.33. The van der Waals surface area contributed by atoms with Gasteiger partial charge in [-0.15, -0.1) is 0 Å². The van der Waals surface area contributed by atoms with Crippen LogP contribution in [-0.4, -0.2) is 30.8 Å². The molecule has 28 heavy (non-hydrogen) atoms. The molecule has 3 aliphatic rings. The molecule has 0 aromatic heterocycles. The number of carbonyl (C=O) groups is 2. The highest BCUT2D eigenvalue weighted by molar-refractivity contribution is 5.86. The van der Waals surface area contributed by atoms with Crippen molar-refractivity contribution in [3.05, 3.63) is 47.8 Å². The summed E-state index contributed by atoms with van der Waals surface area (Å²) in [5, 5.41) is 0. The third-order valence-corrected chi connectivity index (χ3v) is 6.24. The van der Waals surface area contributed by atoms with Gasteiger partial charge in [0.05, 0.1) is 24.5 Å². The average Bonchev–Trinajstić information content (AvgIpc) is 3.22. The van der Waals surface area contributed by atoms with Crippen LogP contribution in [0.15, 0.2) is 36.4 Å². The Bertz CT molecular complexity index is 815. The molecule has 0 N–H and O–H groups in total. The van der Waals surface area contributed by atoms with Gasteiger partial charge in [-0.2, -0.15) is 0 Å². The van der Waals surface area contributed by atoms with Gasteiger partial charge < -0.3 is 14.2 Å². The molecular formula is C22H25FO5. The maximum atomic E-state index is 13.2. The van der Waals surface area contributed by atoms with E-state index in [2.05, 4.69) is 6.58 Å². The van der Waals surface area contributed by atoms with Crippen LogP contribution in [0.1, 0.15) is 32.8 Å². The van der Waals surface area contributed by atoms with Crippen LogP contribution in [0.25, 0.3) is 0 Å². The van der Waals surface area contributed by atoms with Crippen LogP contribution in [0.4, 0.5) is 4.39 Å². The molecule has 1 heterocycles. The molecule has 6 unspecified atom stereocenters. The van der Waals surface area contributed by atoms with Crippen LogP contribution in [0.5, 0.6) is 0 Å². The van der Waals surface area contributed by atoms with Crippen LogP contribution in [-0.2, 0) is 29.4 Å². The molecule has 1 saturated heterocycles. The molecule has 1 aromatic carbocycles. The average molecular weight is 388 g/mol. The maximum absolute atomic E-state index is 13.2. The number of rotatable bonds is 6. The van der Waals surface area contributed by atoms with Crippen LogP contribution < -0.4 is 0 Å². The normalized spacial score (nSPS) is 33.1. The van der Waals surface area contributed by atoms with Gasteiger partial charge in [0.2, 0.25) is 0 Å². The molecule has 5 nitrogen and oxygen atoms in total. The molecular weight excluding hydrogens is 363 g/mol. The zero-order valence-corrected chi connectivity index (χ0v) is 16.3. The summed E-state index contributed by atoms with van der Waals surface area (Å²) < 4.78 is 30.6. The molecule has 2 saturated carbocycles. The Morgan fingerprint density at radius 2 is 1.96 bits per heavy atom. The first-order valence-corrected chi connectivity index (χ1v) is 9.64. The van der Waals surface area contributed by atoms with Crippen molar-refractivity contribution in [1.29, 1.82) is 0 Å². The minimum atomic E-state index is -0.942. The van der Waals surface area contributed by atoms with Gasteiger partial charge in [0, 0.05) is 11.8 Å². The van der Waals surface area contributed by atoms with Crippen molar-refractivity contribution in [3.63, 3.8) is 0 Å². The molecule has 4 rings (SSSR count). The minimum Gasteiger partial charge on any atom is -0.459 e. The summed E-state index contributed by atoms with van der Waals surface area (Å²) >= 11 is 0. The number of benzene rings is 1. The summed E-state index contributed by atoms with van der Waals surface area (Å²) in [5.41, 5.74) is 0.621. The Balaban J connectivity index is 1.54. The molecule has 1 aromatic rings. The molecule has 0 amide bonds. The summed E-state index contributed by atoms with van der Waals surface area (Å²) in [6.45, 7) is 9.61. The van der Waals surface area contributed by atoms with Crippen LogP contribution >= 0.6 is 0 Å². The second-order valence-corrected chi connectivity index (χ2v) is 8.69. The molecule has 1 aliphatic heterocycles.